The second-order valence-electron chi connectivity index (χ2n) is 14.6. The normalized spacial score (nSPS) is 21.6. The largest absolute Gasteiger partial charge is 0.480 e. The van der Waals surface area contributed by atoms with Gasteiger partial charge in [0.25, 0.3) is 0 Å². The van der Waals surface area contributed by atoms with Gasteiger partial charge in [0.05, 0.1) is 12.1 Å². The van der Waals surface area contributed by atoms with Gasteiger partial charge in [-0.05, 0) is 56.2 Å². The Hall–Kier alpha value is -2.98. The zero-order chi connectivity index (χ0) is 33.0. The molecule has 10 nitrogen and oxygen atoms in total. The van der Waals surface area contributed by atoms with Crippen molar-refractivity contribution in [2.45, 2.75) is 110 Å². The van der Waals surface area contributed by atoms with Crippen LogP contribution < -0.4 is 10.6 Å². The van der Waals surface area contributed by atoms with Gasteiger partial charge >= 0.3 is 5.97 Å². The lowest BCUT2D eigenvalue weighted by Gasteiger charge is -2.41. The number of carbonyl (C=O) groups is 4. The molecule has 246 valence electrons. The minimum absolute atomic E-state index is 0.0808. The molecule has 3 amide bonds. The molecular formula is C34H55N5O5. The Bertz CT molecular complexity index is 1160. The van der Waals surface area contributed by atoms with Gasteiger partial charge in [0.15, 0.2) is 0 Å². The van der Waals surface area contributed by atoms with E-state index in [-0.39, 0.29) is 29.7 Å². The number of nitrogens with one attached hydrogen (secondary N) is 2. The van der Waals surface area contributed by atoms with E-state index in [9.17, 15) is 24.3 Å². The summed E-state index contributed by atoms with van der Waals surface area (Å²) in [6.45, 7) is 15.7. The van der Waals surface area contributed by atoms with Crippen molar-refractivity contribution < 1.29 is 24.3 Å². The molecule has 1 aromatic carbocycles. The molecule has 10 heteroatoms. The van der Waals surface area contributed by atoms with Crippen LogP contribution in [0.25, 0.3) is 0 Å². The Morgan fingerprint density at radius 1 is 0.955 bits per heavy atom. The number of likely N-dealkylation sites (tertiary alicyclic amines) is 2. The van der Waals surface area contributed by atoms with Gasteiger partial charge in [0, 0.05) is 31.6 Å². The summed E-state index contributed by atoms with van der Waals surface area (Å²) in [4.78, 5) is 58.8. The molecule has 0 spiro atoms. The number of rotatable bonds is 12. The van der Waals surface area contributed by atoms with Crippen LogP contribution in [-0.2, 0) is 24.6 Å². The van der Waals surface area contributed by atoms with Crippen molar-refractivity contribution in [3.05, 3.63) is 35.9 Å². The fourth-order valence-corrected chi connectivity index (χ4v) is 6.92. The van der Waals surface area contributed by atoms with Gasteiger partial charge in [-0.2, -0.15) is 0 Å². The Balaban J connectivity index is 1.79. The van der Waals surface area contributed by atoms with Crippen LogP contribution in [0.5, 0.6) is 0 Å². The third kappa shape index (κ3) is 7.80. The molecule has 1 aromatic rings. The summed E-state index contributed by atoms with van der Waals surface area (Å²) < 4.78 is 0. The lowest BCUT2D eigenvalue weighted by Crippen LogP contribution is -2.62. The molecular weight excluding hydrogens is 558 g/mol. The Morgan fingerprint density at radius 2 is 1.55 bits per heavy atom. The number of carboxylic acids is 1. The Labute approximate surface area is 263 Å². The highest BCUT2D eigenvalue weighted by Gasteiger charge is 2.44. The maximum absolute atomic E-state index is 14.2. The fourth-order valence-electron chi connectivity index (χ4n) is 6.92. The van der Waals surface area contributed by atoms with E-state index in [0.29, 0.717) is 38.9 Å². The van der Waals surface area contributed by atoms with Crippen molar-refractivity contribution >= 4 is 23.7 Å². The van der Waals surface area contributed by atoms with E-state index in [1.54, 1.807) is 19.0 Å². The van der Waals surface area contributed by atoms with Crippen LogP contribution in [0.15, 0.2) is 30.3 Å². The number of carbonyl (C=O) groups excluding carboxylic acids is 3. The molecule has 0 radical (unpaired) electrons. The highest BCUT2D eigenvalue weighted by Crippen LogP contribution is 2.30. The summed E-state index contributed by atoms with van der Waals surface area (Å²) >= 11 is 0. The monoisotopic (exact) mass is 613 g/mol. The molecule has 2 aliphatic rings. The molecule has 2 fully saturated rings. The molecule has 44 heavy (non-hydrogen) atoms. The van der Waals surface area contributed by atoms with Gasteiger partial charge in [-0.15, -0.1) is 0 Å². The van der Waals surface area contributed by atoms with Crippen molar-refractivity contribution in [1.82, 2.24) is 25.3 Å². The van der Waals surface area contributed by atoms with E-state index >= 15 is 0 Å². The van der Waals surface area contributed by atoms with E-state index in [1.165, 1.54) is 4.90 Å². The highest BCUT2D eigenvalue weighted by molar-refractivity contribution is 5.91. The first kappa shape index (κ1) is 35.5. The standard InChI is InChI=1S/C34H55N5O5/c1-22(2)26(21-38-19-13-17-24(38)30(41)39-20-14-18-25(39)32(43)44)37(9)31(42)28(33(3,4)5)36-29(40)27(35-8)34(6,7)23-15-11-10-12-16-23/h10-12,15-16,22,24-28,35H,13-14,17-21H2,1-9H3,(H,36,40)(H,43,44)/t24-,25-,26+,27+,28+/m0/s1. The van der Waals surface area contributed by atoms with Crippen molar-refractivity contribution in [1.29, 1.82) is 0 Å². The second-order valence-corrected chi connectivity index (χ2v) is 14.6. The third-order valence-electron chi connectivity index (χ3n) is 9.70. The van der Waals surface area contributed by atoms with Crippen LogP contribution in [0.4, 0.5) is 0 Å². The van der Waals surface area contributed by atoms with Gasteiger partial charge in [0.1, 0.15) is 12.1 Å². The topological polar surface area (TPSA) is 122 Å². The second kappa shape index (κ2) is 14.4. The molecule has 0 bridgehead atoms. The van der Waals surface area contributed by atoms with Crippen molar-refractivity contribution in [3.8, 4) is 0 Å². The number of aliphatic carboxylic acids is 1. The molecule has 0 unspecified atom stereocenters. The van der Waals surface area contributed by atoms with E-state index in [4.69, 9.17) is 0 Å². The number of amides is 3. The number of nitrogens with zero attached hydrogens (tertiary/aromatic N) is 3. The lowest BCUT2D eigenvalue weighted by atomic mass is 9.76. The van der Waals surface area contributed by atoms with E-state index in [0.717, 1.165) is 12.0 Å². The maximum atomic E-state index is 14.2. The van der Waals surface area contributed by atoms with Crippen molar-refractivity contribution in [2.75, 3.05) is 33.7 Å². The predicted molar refractivity (Wildman–Crippen MR) is 172 cm³/mol. The average Bonchev–Trinajstić information content (AvgIpc) is 3.64. The first-order chi connectivity index (χ1) is 20.5. The SMILES string of the molecule is CN[C@H](C(=O)N[C@H](C(=O)N(C)[C@H](CN1CCC[C@H]1C(=O)N1CCC[C@H]1C(=O)O)C(C)C)C(C)(C)C)C(C)(C)c1ccccc1. The van der Waals surface area contributed by atoms with Crippen LogP contribution in [0.3, 0.4) is 0 Å². The third-order valence-corrected chi connectivity index (χ3v) is 9.70. The lowest BCUT2D eigenvalue weighted by molar-refractivity contribution is -0.150. The zero-order valence-electron chi connectivity index (χ0n) is 28.2. The van der Waals surface area contributed by atoms with E-state index in [1.807, 2.05) is 65.0 Å². The minimum atomic E-state index is -0.950. The maximum Gasteiger partial charge on any atom is 0.326 e. The molecule has 3 N–H and O–H groups in total. The van der Waals surface area contributed by atoms with Crippen LogP contribution in [0.2, 0.25) is 0 Å². The number of hydrogen-bond donors (Lipinski definition) is 3. The van der Waals surface area contributed by atoms with Crippen LogP contribution in [0.1, 0.15) is 79.7 Å². The van der Waals surface area contributed by atoms with Crippen LogP contribution in [0, 0.1) is 11.3 Å². The predicted octanol–water partition coefficient (Wildman–Crippen LogP) is 3.11. The Kier molecular flexibility index (Phi) is 11.6. The van der Waals surface area contributed by atoms with Gasteiger partial charge in [-0.25, -0.2) is 4.79 Å². The summed E-state index contributed by atoms with van der Waals surface area (Å²) in [5.41, 5.74) is -0.0844. The van der Waals surface area contributed by atoms with E-state index in [2.05, 4.69) is 29.4 Å². The fraction of sp³-hybridized carbons (Fsp3) is 0.706. The Morgan fingerprint density at radius 3 is 2.09 bits per heavy atom. The van der Waals surface area contributed by atoms with Gasteiger partial charge in [-0.1, -0.05) is 78.8 Å². The first-order valence-electron chi connectivity index (χ1n) is 16.1. The molecule has 2 aliphatic heterocycles. The molecule has 2 heterocycles. The summed E-state index contributed by atoms with van der Waals surface area (Å²) in [7, 11) is 3.55. The van der Waals surface area contributed by atoms with E-state index < -0.39 is 41.0 Å². The molecule has 0 aromatic heterocycles. The molecule has 2 saturated heterocycles. The summed E-state index contributed by atoms with van der Waals surface area (Å²) in [6.07, 6.45) is 2.69. The van der Waals surface area contributed by atoms with Gasteiger partial charge in [-0.3, -0.25) is 19.3 Å². The summed E-state index contributed by atoms with van der Waals surface area (Å²) in [6, 6.07) is 7.14. The number of likely N-dealkylation sites (N-methyl/N-ethyl adjacent to an activating group) is 2. The average molecular weight is 614 g/mol. The quantitative estimate of drug-likeness (QED) is 0.331. The smallest absolute Gasteiger partial charge is 0.326 e. The summed E-state index contributed by atoms with van der Waals surface area (Å²) in [5.74, 6) is -1.41. The number of hydrogen-bond acceptors (Lipinski definition) is 6. The van der Waals surface area contributed by atoms with Gasteiger partial charge < -0.3 is 25.5 Å². The molecule has 5 atom stereocenters. The van der Waals surface area contributed by atoms with Crippen LogP contribution in [-0.4, -0.2) is 107 Å². The first-order valence-corrected chi connectivity index (χ1v) is 16.1. The number of benzene rings is 1. The zero-order valence-corrected chi connectivity index (χ0v) is 28.2. The minimum Gasteiger partial charge on any atom is -0.480 e. The van der Waals surface area contributed by atoms with Crippen molar-refractivity contribution in [3.63, 3.8) is 0 Å². The number of carboxylic acid groups (broad SMARTS) is 1. The molecule has 0 aliphatic carbocycles. The molecule has 3 rings (SSSR count). The van der Waals surface area contributed by atoms with Crippen LogP contribution >= 0.6 is 0 Å². The van der Waals surface area contributed by atoms with Gasteiger partial charge in [0.2, 0.25) is 17.7 Å². The highest BCUT2D eigenvalue weighted by atomic mass is 16.4. The summed E-state index contributed by atoms with van der Waals surface area (Å²) in [5, 5.41) is 15.9. The van der Waals surface area contributed by atoms with Crippen molar-refractivity contribution in [2.24, 2.45) is 11.3 Å². The molecule has 0 saturated carbocycles.